The third-order valence-corrected chi connectivity index (χ3v) is 4.42. The van der Waals surface area contributed by atoms with Gasteiger partial charge in [0.1, 0.15) is 6.04 Å². The van der Waals surface area contributed by atoms with Gasteiger partial charge in [0.05, 0.1) is 12.6 Å². The van der Waals surface area contributed by atoms with Crippen LogP contribution in [0.1, 0.15) is 49.9 Å². The Bertz CT molecular complexity index is 573. The van der Waals surface area contributed by atoms with Gasteiger partial charge in [0, 0.05) is 13.5 Å². The molecule has 3 rings (SSSR count). The number of aryl methyl sites for hydroxylation is 1. The van der Waals surface area contributed by atoms with E-state index in [0.29, 0.717) is 24.7 Å². The minimum Gasteiger partial charge on any atom is -0.354 e. The fourth-order valence-electron chi connectivity index (χ4n) is 3.26. The molecule has 8 nitrogen and oxygen atoms in total. The van der Waals surface area contributed by atoms with Crippen LogP contribution in [-0.2, 0) is 9.59 Å². The van der Waals surface area contributed by atoms with Gasteiger partial charge in [-0.3, -0.25) is 14.5 Å². The molecule has 23 heavy (non-hydrogen) atoms. The van der Waals surface area contributed by atoms with Gasteiger partial charge in [-0.1, -0.05) is 5.16 Å². The maximum absolute atomic E-state index is 12.3. The molecule has 1 aromatic heterocycles. The Kier molecular flexibility index (Phi) is 4.90. The van der Waals surface area contributed by atoms with Crippen LogP contribution in [0, 0.1) is 6.92 Å². The molecule has 0 saturated carbocycles. The number of likely N-dealkylation sites (tertiary alicyclic amines) is 1. The van der Waals surface area contributed by atoms with E-state index in [1.54, 1.807) is 6.92 Å². The lowest BCUT2D eigenvalue weighted by Gasteiger charge is -2.22. The highest BCUT2D eigenvalue weighted by Crippen LogP contribution is 2.29. The summed E-state index contributed by atoms with van der Waals surface area (Å²) in [5.41, 5.74) is 0. The summed E-state index contributed by atoms with van der Waals surface area (Å²) in [5.74, 6) is 0.966. The van der Waals surface area contributed by atoms with Gasteiger partial charge in [0.25, 0.3) is 0 Å². The third-order valence-electron chi connectivity index (χ3n) is 4.42. The molecule has 0 unspecified atom stereocenters. The molecule has 8 heteroatoms. The van der Waals surface area contributed by atoms with Crippen LogP contribution in [0.25, 0.3) is 0 Å². The van der Waals surface area contributed by atoms with Gasteiger partial charge in [-0.2, -0.15) is 4.98 Å². The van der Waals surface area contributed by atoms with E-state index in [1.165, 1.54) is 0 Å². The molecular weight excluding hydrogens is 298 g/mol. The van der Waals surface area contributed by atoms with Crippen molar-refractivity contribution in [1.29, 1.82) is 0 Å². The number of hydrogen-bond donors (Lipinski definition) is 2. The van der Waals surface area contributed by atoms with E-state index in [2.05, 4.69) is 20.8 Å². The Hall–Kier alpha value is -1.96. The molecule has 0 spiro atoms. The number of aromatic nitrogens is 2. The van der Waals surface area contributed by atoms with Gasteiger partial charge in [-0.25, -0.2) is 0 Å². The Balaban J connectivity index is 1.57. The van der Waals surface area contributed by atoms with Gasteiger partial charge < -0.3 is 15.2 Å². The minimum atomic E-state index is -0.418. The van der Waals surface area contributed by atoms with Crippen LogP contribution in [0.5, 0.6) is 0 Å². The van der Waals surface area contributed by atoms with Crippen LogP contribution < -0.4 is 10.6 Å². The monoisotopic (exact) mass is 321 g/mol. The van der Waals surface area contributed by atoms with E-state index in [0.717, 1.165) is 32.2 Å². The number of carbonyl (C=O) groups is 2. The predicted octanol–water partition coefficient (Wildman–Crippen LogP) is 0.300. The lowest BCUT2D eigenvalue weighted by Crippen LogP contribution is -2.48. The summed E-state index contributed by atoms with van der Waals surface area (Å²) in [4.78, 5) is 30.5. The topological polar surface area (TPSA) is 100 Å². The lowest BCUT2D eigenvalue weighted by molar-refractivity contribution is -0.129. The van der Waals surface area contributed by atoms with Gasteiger partial charge >= 0.3 is 0 Å². The second-order valence-electron chi connectivity index (χ2n) is 6.21. The first-order valence-corrected chi connectivity index (χ1v) is 8.25. The van der Waals surface area contributed by atoms with Crippen molar-refractivity contribution in [2.45, 2.75) is 51.1 Å². The van der Waals surface area contributed by atoms with Crippen LogP contribution in [0.15, 0.2) is 4.52 Å². The smallest absolute Gasteiger partial charge is 0.242 e. The van der Waals surface area contributed by atoms with E-state index in [-0.39, 0.29) is 24.4 Å². The van der Waals surface area contributed by atoms with E-state index in [4.69, 9.17) is 4.52 Å². The Morgan fingerprint density at radius 2 is 2.26 bits per heavy atom. The molecule has 126 valence electrons. The molecule has 0 bridgehead atoms. The van der Waals surface area contributed by atoms with Crippen molar-refractivity contribution in [2.24, 2.45) is 0 Å². The highest BCUT2D eigenvalue weighted by atomic mass is 16.5. The second kappa shape index (κ2) is 7.08. The van der Waals surface area contributed by atoms with Crippen molar-refractivity contribution in [3.8, 4) is 0 Å². The molecular formula is C15H23N5O3. The first-order valence-electron chi connectivity index (χ1n) is 8.25. The van der Waals surface area contributed by atoms with E-state index >= 15 is 0 Å². The molecule has 3 heterocycles. The summed E-state index contributed by atoms with van der Waals surface area (Å²) in [6.07, 6.45) is 4.51. The van der Waals surface area contributed by atoms with Crippen LogP contribution in [-0.4, -0.2) is 52.5 Å². The van der Waals surface area contributed by atoms with Crippen LogP contribution >= 0.6 is 0 Å². The predicted molar refractivity (Wildman–Crippen MR) is 81.4 cm³/mol. The first-order chi connectivity index (χ1) is 11.1. The molecule has 0 aliphatic carbocycles. The first kappa shape index (κ1) is 15.9. The average Bonchev–Trinajstić information content (AvgIpc) is 3.09. The van der Waals surface area contributed by atoms with Gasteiger partial charge in [0.15, 0.2) is 5.82 Å². The fraction of sp³-hybridized carbons (Fsp3) is 0.733. The SMILES string of the molecule is Cc1nc([C@H]2CCCN2CC(=O)N[C@@H]2CCCCNC2=O)no1. The number of rotatable bonds is 4. The van der Waals surface area contributed by atoms with E-state index in [9.17, 15) is 9.59 Å². The van der Waals surface area contributed by atoms with Crippen molar-refractivity contribution >= 4 is 11.8 Å². The summed E-state index contributed by atoms with van der Waals surface area (Å²) in [6.45, 7) is 3.52. The number of carbonyl (C=O) groups excluding carboxylic acids is 2. The summed E-state index contributed by atoms with van der Waals surface area (Å²) in [7, 11) is 0. The highest BCUT2D eigenvalue weighted by Gasteiger charge is 2.32. The number of hydrogen-bond acceptors (Lipinski definition) is 6. The number of amides is 2. The molecule has 2 aliphatic heterocycles. The molecule has 0 radical (unpaired) electrons. The molecule has 2 N–H and O–H groups in total. The maximum Gasteiger partial charge on any atom is 0.242 e. The second-order valence-corrected chi connectivity index (χ2v) is 6.21. The highest BCUT2D eigenvalue weighted by molar-refractivity contribution is 5.88. The molecule has 2 atom stereocenters. The van der Waals surface area contributed by atoms with Crippen molar-refractivity contribution in [3.05, 3.63) is 11.7 Å². The number of nitrogens with zero attached hydrogens (tertiary/aromatic N) is 3. The molecule has 1 aromatic rings. The van der Waals surface area contributed by atoms with E-state index in [1.807, 2.05) is 4.90 Å². The molecule has 2 fully saturated rings. The van der Waals surface area contributed by atoms with Gasteiger partial charge in [0.2, 0.25) is 17.7 Å². The van der Waals surface area contributed by atoms with Gasteiger partial charge in [-0.05, 0) is 38.6 Å². The largest absolute Gasteiger partial charge is 0.354 e. The van der Waals surface area contributed by atoms with Crippen molar-refractivity contribution < 1.29 is 14.1 Å². The zero-order valence-electron chi connectivity index (χ0n) is 13.4. The summed E-state index contributed by atoms with van der Waals surface area (Å²) in [6, 6.07) is -0.403. The normalized spacial score (nSPS) is 25.9. The lowest BCUT2D eigenvalue weighted by atomic mass is 10.1. The molecule has 2 aliphatic rings. The summed E-state index contributed by atoms with van der Waals surface area (Å²) < 4.78 is 5.04. The van der Waals surface area contributed by atoms with Gasteiger partial charge in [-0.15, -0.1) is 0 Å². The van der Waals surface area contributed by atoms with E-state index < -0.39 is 6.04 Å². The third kappa shape index (κ3) is 3.87. The Morgan fingerprint density at radius 1 is 1.39 bits per heavy atom. The van der Waals surface area contributed by atoms with Crippen molar-refractivity contribution in [3.63, 3.8) is 0 Å². The zero-order chi connectivity index (χ0) is 16.2. The quantitative estimate of drug-likeness (QED) is 0.827. The van der Waals surface area contributed by atoms with Crippen LogP contribution in [0.3, 0.4) is 0 Å². The van der Waals surface area contributed by atoms with Crippen molar-refractivity contribution in [2.75, 3.05) is 19.6 Å². The minimum absolute atomic E-state index is 0.0150. The standard InChI is InChI=1S/C15H23N5O3/c1-10-17-14(19-23-10)12-6-4-8-20(12)9-13(21)18-11-5-2-3-7-16-15(11)22/h11-12H,2-9H2,1H3,(H,16,22)(H,18,21)/t11-,12-/m1/s1. The Labute approximate surface area is 135 Å². The molecule has 2 amide bonds. The van der Waals surface area contributed by atoms with Crippen LogP contribution in [0.2, 0.25) is 0 Å². The number of nitrogens with one attached hydrogen (secondary N) is 2. The fourth-order valence-corrected chi connectivity index (χ4v) is 3.26. The van der Waals surface area contributed by atoms with Crippen molar-refractivity contribution in [1.82, 2.24) is 25.7 Å². The molecule has 2 saturated heterocycles. The maximum atomic E-state index is 12.3. The van der Waals surface area contributed by atoms with Crippen LogP contribution in [0.4, 0.5) is 0 Å². The zero-order valence-corrected chi connectivity index (χ0v) is 13.4. The Morgan fingerprint density at radius 3 is 3.04 bits per heavy atom. The average molecular weight is 321 g/mol. The molecule has 0 aromatic carbocycles. The summed E-state index contributed by atoms with van der Waals surface area (Å²) >= 11 is 0. The summed E-state index contributed by atoms with van der Waals surface area (Å²) in [5, 5.41) is 9.66.